The number of hydrogen-bond acceptors (Lipinski definition) is 4. The Bertz CT molecular complexity index is 713. The standard InChI is InChI=1S/C20H23NO3/c1-22-14-7-5-13(6-8-14)19-16-4-3-11-24-20(16)17-12-15(23-2)9-10-18(17)21-19/h5-10,12,16,19-21H,3-4,11H2,1-2H3/t16-,19-,20-/m0/s1. The Morgan fingerprint density at radius 1 is 1.00 bits per heavy atom. The van der Waals surface area contributed by atoms with Crippen molar-refractivity contribution in [3.63, 3.8) is 0 Å². The first-order valence-corrected chi connectivity index (χ1v) is 8.50. The van der Waals surface area contributed by atoms with Crippen LogP contribution in [-0.4, -0.2) is 20.8 Å². The van der Waals surface area contributed by atoms with Gasteiger partial charge in [0.15, 0.2) is 0 Å². The third kappa shape index (κ3) is 2.61. The monoisotopic (exact) mass is 325 g/mol. The van der Waals surface area contributed by atoms with Crippen molar-refractivity contribution < 1.29 is 14.2 Å². The van der Waals surface area contributed by atoms with Gasteiger partial charge in [-0.05, 0) is 48.7 Å². The van der Waals surface area contributed by atoms with Gasteiger partial charge in [-0.25, -0.2) is 0 Å². The summed E-state index contributed by atoms with van der Waals surface area (Å²) in [4.78, 5) is 0. The number of fused-ring (bicyclic) bond motifs is 3. The predicted octanol–water partition coefficient (Wildman–Crippen LogP) is 4.34. The van der Waals surface area contributed by atoms with Crippen LogP contribution >= 0.6 is 0 Å². The number of ether oxygens (including phenoxy) is 3. The van der Waals surface area contributed by atoms with Gasteiger partial charge < -0.3 is 19.5 Å². The number of rotatable bonds is 3. The quantitative estimate of drug-likeness (QED) is 0.911. The summed E-state index contributed by atoms with van der Waals surface area (Å²) in [7, 11) is 3.40. The fourth-order valence-corrected chi connectivity index (χ4v) is 3.92. The van der Waals surface area contributed by atoms with Gasteiger partial charge in [0, 0.05) is 23.8 Å². The number of methoxy groups -OCH3 is 2. The van der Waals surface area contributed by atoms with Crippen molar-refractivity contribution in [2.75, 3.05) is 26.1 Å². The molecule has 0 amide bonds. The minimum absolute atomic E-state index is 0.122. The zero-order valence-electron chi connectivity index (χ0n) is 14.1. The van der Waals surface area contributed by atoms with E-state index >= 15 is 0 Å². The Morgan fingerprint density at radius 3 is 2.50 bits per heavy atom. The number of hydrogen-bond donors (Lipinski definition) is 1. The molecule has 2 aromatic rings. The number of nitrogens with one attached hydrogen (secondary N) is 1. The van der Waals surface area contributed by atoms with Crippen LogP contribution in [0.1, 0.15) is 36.1 Å². The highest BCUT2D eigenvalue weighted by molar-refractivity contribution is 5.59. The summed E-state index contributed by atoms with van der Waals surface area (Å²) in [5.41, 5.74) is 3.63. The van der Waals surface area contributed by atoms with E-state index < -0.39 is 0 Å². The van der Waals surface area contributed by atoms with Crippen LogP contribution in [0.5, 0.6) is 11.5 Å². The summed E-state index contributed by atoms with van der Waals surface area (Å²) >= 11 is 0. The van der Waals surface area contributed by atoms with Crippen LogP contribution in [0.3, 0.4) is 0 Å². The molecule has 2 aliphatic rings. The minimum atomic E-state index is 0.122. The molecule has 126 valence electrons. The van der Waals surface area contributed by atoms with Gasteiger partial charge >= 0.3 is 0 Å². The summed E-state index contributed by atoms with van der Waals surface area (Å²) in [6, 6.07) is 14.8. The molecule has 1 saturated heterocycles. The molecule has 2 heterocycles. The van der Waals surface area contributed by atoms with E-state index in [1.54, 1.807) is 14.2 Å². The smallest absolute Gasteiger partial charge is 0.119 e. The molecule has 0 aromatic heterocycles. The van der Waals surface area contributed by atoms with E-state index in [-0.39, 0.29) is 12.1 Å². The molecule has 4 nitrogen and oxygen atoms in total. The molecular weight excluding hydrogens is 302 g/mol. The van der Waals surface area contributed by atoms with Gasteiger partial charge in [-0.2, -0.15) is 0 Å². The number of benzene rings is 2. The van der Waals surface area contributed by atoms with Crippen LogP contribution < -0.4 is 14.8 Å². The molecule has 2 aromatic carbocycles. The molecule has 0 saturated carbocycles. The van der Waals surface area contributed by atoms with Gasteiger partial charge in [-0.15, -0.1) is 0 Å². The maximum absolute atomic E-state index is 6.18. The van der Waals surface area contributed by atoms with Crippen molar-refractivity contribution in [1.29, 1.82) is 0 Å². The first kappa shape index (κ1) is 15.3. The molecule has 1 N–H and O–H groups in total. The van der Waals surface area contributed by atoms with E-state index in [9.17, 15) is 0 Å². The Morgan fingerprint density at radius 2 is 1.75 bits per heavy atom. The Hall–Kier alpha value is -2.20. The van der Waals surface area contributed by atoms with Gasteiger partial charge in [0.05, 0.1) is 26.4 Å². The van der Waals surface area contributed by atoms with E-state index in [4.69, 9.17) is 14.2 Å². The summed E-state index contributed by atoms with van der Waals surface area (Å²) in [6.07, 6.45) is 2.39. The Kier molecular flexibility index (Phi) is 4.07. The van der Waals surface area contributed by atoms with Gasteiger partial charge in [-0.1, -0.05) is 12.1 Å². The van der Waals surface area contributed by atoms with Crippen molar-refractivity contribution >= 4 is 5.69 Å². The van der Waals surface area contributed by atoms with E-state index in [1.807, 2.05) is 18.2 Å². The van der Waals surface area contributed by atoms with Crippen LogP contribution in [-0.2, 0) is 4.74 Å². The van der Waals surface area contributed by atoms with Gasteiger partial charge in [-0.3, -0.25) is 0 Å². The van der Waals surface area contributed by atoms with Gasteiger partial charge in [0.1, 0.15) is 11.5 Å². The second-order valence-corrected chi connectivity index (χ2v) is 6.45. The topological polar surface area (TPSA) is 39.7 Å². The van der Waals surface area contributed by atoms with Crippen LogP contribution in [0.4, 0.5) is 5.69 Å². The normalized spacial score (nSPS) is 25.2. The average Bonchev–Trinajstić information content (AvgIpc) is 2.67. The molecule has 2 aliphatic heterocycles. The Balaban J connectivity index is 1.72. The third-order valence-electron chi connectivity index (χ3n) is 5.15. The van der Waals surface area contributed by atoms with Crippen LogP contribution in [0.15, 0.2) is 42.5 Å². The zero-order valence-corrected chi connectivity index (χ0v) is 14.1. The van der Waals surface area contributed by atoms with Crippen molar-refractivity contribution in [1.82, 2.24) is 0 Å². The molecule has 3 atom stereocenters. The summed E-state index contributed by atoms with van der Waals surface area (Å²) < 4.78 is 16.9. The molecule has 1 fully saturated rings. The lowest BCUT2D eigenvalue weighted by atomic mass is 9.77. The fraction of sp³-hybridized carbons (Fsp3) is 0.400. The molecule has 0 bridgehead atoms. The highest BCUT2D eigenvalue weighted by Gasteiger charge is 2.39. The highest BCUT2D eigenvalue weighted by atomic mass is 16.5. The molecule has 4 rings (SSSR count). The van der Waals surface area contributed by atoms with Crippen molar-refractivity contribution in [3.05, 3.63) is 53.6 Å². The minimum Gasteiger partial charge on any atom is -0.497 e. The zero-order chi connectivity index (χ0) is 16.5. The second kappa shape index (κ2) is 6.36. The van der Waals surface area contributed by atoms with Crippen molar-refractivity contribution in [3.8, 4) is 11.5 Å². The first-order valence-electron chi connectivity index (χ1n) is 8.50. The fourth-order valence-electron chi connectivity index (χ4n) is 3.92. The van der Waals surface area contributed by atoms with Gasteiger partial charge in [0.25, 0.3) is 0 Å². The van der Waals surface area contributed by atoms with E-state index in [1.165, 1.54) is 11.1 Å². The predicted molar refractivity (Wildman–Crippen MR) is 93.8 cm³/mol. The Labute approximate surface area is 142 Å². The lowest BCUT2D eigenvalue weighted by Gasteiger charge is -2.43. The van der Waals surface area contributed by atoms with E-state index in [0.29, 0.717) is 5.92 Å². The molecular formula is C20H23NO3. The third-order valence-corrected chi connectivity index (χ3v) is 5.15. The molecule has 24 heavy (non-hydrogen) atoms. The maximum Gasteiger partial charge on any atom is 0.119 e. The van der Waals surface area contributed by atoms with E-state index in [0.717, 1.165) is 36.6 Å². The molecule has 0 aliphatic carbocycles. The van der Waals surface area contributed by atoms with Gasteiger partial charge in [0.2, 0.25) is 0 Å². The highest BCUT2D eigenvalue weighted by Crippen LogP contribution is 2.49. The summed E-state index contributed by atoms with van der Waals surface area (Å²) in [6.45, 7) is 0.827. The molecule has 0 spiro atoms. The van der Waals surface area contributed by atoms with Crippen LogP contribution in [0.2, 0.25) is 0 Å². The SMILES string of the molecule is COc1ccc([C@@H]2Nc3ccc(OC)cc3[C@H]3OCCC[C@H]32)cc1. The molecule has 4 heteroatoms. The van der Waals surface area contributed by atoms with Crippen molar-refractivity contribution in [2.24, 2.45) is 5.92 Å². The lowest BCUT2D eigenvalue weighted by molar-refractivity contribution is -0.0382. The lowest BCUT2D eigenvalue weighted by Crippen LogP contribution is -2.35. The largest absolute Gasteiger partial charge is 0.497 e. The summed E-state index contributed by atoms with van der Waals surface area (Å²) in [5, 5.41) is 3.72. The second-order valence-electron chi connectivity index (χ2n) is 6.45. The van der Waals surface area contributed by atoms with Crippen molar-refractivity contribution in [2.45, 2.75) is 25.0 Å². The first-order chi connectivity index (χ1) is 11.8. The average molecular weight is 325 g/mol. The maximum atomic E-state index is 6.18. The van der Waals surface area contributed by atoms with Crippen LogP contribution in [0, 0.1) is 5.92 Å². The van der Waals surface area contributed by atoms with Crippen LogP contribution in [0.25, 0.3) is 0 Å². The molecule has 0 unspecified atom stereocenters. The summed E-state index contributed by atoms with van der Waals surface area (Å²) in [5.74, 6) is 2.19. The molecule has 0 radical (unpaired) electrons. The van der Waals surface area contributed by atoms with E-state index in [2.05, 4.69) is 29.6 Å². The number of anilines is 1.